The predicted molar refractivity (Wildman–Crippen MR) is 196 cm³/mol. The lowest BCUT2D eigenvalue weighted by Gasteiger charge is -2.18. The van der Waals surface area contributed by atoms with E-state index in [4.69, 9.17) is 9.47 Å². The molecule has 12 nitrogen and oxygen atoms in total. The highest BCUT2D eigenvalue weighted by molar-refractivity contribution is 7.19. The fourth-order valence-electron chi connectivity index (χ4n) is 5.18. The number of esters is 2. The molecule has 0 saturated carbocycles. The first-order valence-corrected chi connectivity index (χ1v) is 18.2. The van der Waals surface area contributed by atoms with E-state index in [0.29, 0.717) is 37.3 Å². The van der Waals surface area contributed by atoms with Gasteiger partial charge < -0.3 is 29.9 Å². The molecule has 14 heteroatoms. The number of nitrogens with one attached hydrogen (secondary N) is 2. The van der Waals surface area contributed by atoms with E-state index in [2.05, 4.69) is 10.6 Å². The molecule has 2 N–H and O–H groups in total. The van der Waals surface area contributed by atoms with E-state index in [9.17, 15) is 28.8 Å². The lowest BCUT2D eigenvalue weighted by Crippen LogP contribution is -2.30. The standard InChI is InChI=1S/C36H46N4O8S2/c1-11-39(12-2)33(43)27-21(9)25(35(45)47-19(5)6)31(49-27)37-29(41)23-17-15-16-18-24(23)30(42)38-32-26(36(46)48-20(7)8)22(10)28(50-32)34(44)40(13-3)14-4/h15-20H,11-14H2,1-10H3,(H,37,41)(H,38,42). The van der Waals surface area contributed by atoms with Crippen molar-refractivity contribution in [3.05, 3.63) is 67.4 Å². The van der Waals surface area contributed by atoms with Gasteiger partial charge in [0.15, 0.2) is 0 Å². The molecule has 0 aliphatic heterocycles. The Hall–Kier alpha value is -4.56. The van der Waals surface area contributed by atoms with Gasteiger partial charge in [-0.15, -0.1) is 22.7 Å². The van der Waals surface area contributed by atoms with Gasteiger partial charge in [0, 0.05) is 26.2 Å². The molecule has 0 saturated heterocycles. The van der Waals surface area contributed by atoms with Gasteiger partial charge in [0.1, 0.15) is 10.0 Å². The number of benzene rings is 1. The third kappa shape index (κ3) is 8.77. The van der Waals surface area contributed by atoms with Crippen molar-refractivity contribution < 1.29 is 38.2 Å². The van der Waals surface area contributed by atoms with Crippen LogP contribution in [0.1, 0.15) is 127 Å². The Morgan fingerprint density at radius 1 is 0.620 bits per heavy atom. The number of nitrogens with zero attached hydrogens (tertiary/aromatic N) is 2. The number of ether oxygens (including phenoxy) is 2. The summed E-state index contributed by atoms with van der Waals surface area (Å²) >= 11 is 1.92. The van der Waals surface area contributed by atoms with Crippen LogP contribution in [0.2, 0.25) is 0 Å². The second-order valence-electron chi connectivity index (χ2n) is 11.8. The summed E-state index contributed by atoms with van der Waals surface area (Å²) in [4.78, 5) is 84.7. The quantitative estimate of drug-likeness (QED) is 0.168. The van der Waals surface area contributed by atoms with Crippen LogP contribution in [0, 0.1) is 13.8 Å². The molecule has 4 amide bonds. The number of carbonyl (C=O) groups excluding carboxylic acids is 6. The molecule has 3 aromatic rings. The highest BCUT2D eigenvalue weighted by Gasteiger charge is 2.32. The van der Waals surface area contributed by atoms with Crippen LogP contribution in [-0.2, 0) is 9.47 Å². The zero-order chi connectivity index (χ0) is 37.4. The van der Waals surface area contributed by atoms with E-state index in [1.165, 1.54) is 12.1 Å². The predicted octanol–water partition coefficient (Wildman–Crippen LogP) is 7.03. The maximum atomic E-state index is 13.9. The summed E-state index contributed by atoms with van der Waals surface area (Å²) < 4.78 is 10.9. The van der Waals surface area contributed by atoms with Crippen LogP contribution in [-0.4, -0.2) is 83.8 Å². The Labute approximate surface area is 301 Å². The summed E-state index contributed by atoms with van der Waals surface area (Å²) in [5.41, 5.74) is 0.805. The van der Waals surface area contributed by atoms with Crippen molar-refractivity contribution >= 4 is 68.2 Å². The minimum absolute atomic E-state index is 0.0325. The molecular formula is C36H46N4O8S2. The minimum atomic E-state index is -0.711. The van der Waals surface area contributed by atoms with Crippen molar-refractivity contribution in [2.45, 2.75) is 81.4 Å². The van der Waals surface area contributed by atoms with Crippen LogP contribution in [0.25, 0.3) is 0 Å². The van der Waals surface area contributed by atoms with Gasteiger partial charge in [-0.05, 0) is 92.5 Å². The fraction of sp³-hybridized carbons (Fsp3) is 0.444. The molecule has 0 radical (unpaired) electrons. The topological polar surface area (TPSA) is 151 Å². The highest BCUT2D eigenvalue weighted by atomic mass is 32.1. The second-order valence-corrected chi connectivity index (χ2v) is 13.9. The van der Waals surface area contributed by atoms with Crippen LogP contribution >= 0.6 is 22.7 Å². The first-order chi connectivity index (χ1) is 23.6. The molecule has 0 atom stereocenters. The Morgan fingerprint density at radius 2 is 0.940 bits per heavy atom. The van der Waals surface area contributed by atoms with Gasteiger partial charge in [-0.3, -0.25) is 19.2 Å². The van der Waals surface area contributed by atoms with Crippen molar-refractivity contribution in [2.24, 2.45) is 0 Å². The first-order valence-electron chi connectivity index (χ1n) is 16.6. The molecule has 0 aliphatic rings. The van der Waals surface area contributed by atoms with E-state index >= 15 is 0 Å². The summed E-state index contributed by atoms with van der Waals surface area (Å²) in [5, 5.41) is 5.70. The molecule has 50 heavy (non-hydrogen) atoms. The summed E-state index contributed by atoms with van der Waals surface area (Å²) in [6.07, 6.45) is -0.911. The lowest BCUT2D eigenvalue weighted by atomic mass is 10.1. The van der Waals surface area contributed by atoms with Gasteiger partial charge in [-0.1, -0.05) is 12.1 Å². The molecule has 0 aliphatic carbocycles. The monoisotopic (exact) mass is 726 g/mol. The van der Waals surface area contributed by atoms with E-state index < -0.39 is 36.0 Å². The zero-order valence-corrected chi connectivity index (χ0v) is 31.9. The van der Waals surface area contributed by atoms with Crippen molar-refractivity contribution in [2.75, 3.05) is 36.8 Å². The number of anilines is 2. The largest absolute Gasteiger partial charge is 0.459 e. The number of amides is 4. The molecule has 2 heterocycles. The van der Waals surface area contributed by atoms with Gasteiger partial charge in [0.05, 0.1) is 44.2 Å². The average Bonchev–Trinajstić information content (AvgIpc) is 3.56. The molecule has 0 unspecified atom stereocenters. The molecule has 270 valence electrons. The number of rotatable bonds is 14. The number of hydrogen-bond acceptors (Lipinski definition) is 10. The third-order valence-corrected chi connectivity index (χ3v) is 10.1. The maximum absolute atomic E-state index is 13.9. The Morgan fingerprint density at radius 3 is 1.22 bits per heavy atom. The van der Waals surface area contributed by atoms with Gasteiger partial charge >= 0.3 is 11.9 Å². The maximum Gasteiger partial charge on any atom is 0.341 e. The van der Waals surface area contributed by atoms with Gasteiger partial charge in [0.25, 0.3) is 23.6 Å². The SMILES string of the molecule is CCN(CC)C(=O)c1sc(NC(=O)c2ccccc2C(=O)Nc2sc(C(=O)N(CC)CC)c(C)c2C(=O)OC(C)C)c(C(=O)OC(C)C)c1C. The van der Waals surface area contributed by atoms with Crippen molar-refractivity contribution in [1.82, 2.24) is 9.80 Å². The van der Waals surface area contributed by atoms with Crippen molar-refractivity contribution in [1.29, 1.82) is 0 Å². The molecule has 0 fully saturated rings. The molecule has 0 spiro atoms. The van der Waals surface area contributed by atoms with Gasteiger partial charge in [-0.25, -0.2) is 9.59 Å². The lowest BCUT2D eigenvalue weighted by molar-refractivity contribution is 0.0367. The Bertz CT molecular complexity index is 1640. The number of carbonyl (C=O) groups is 6. The van der Waals surface area contributed by atoms with Gasteiger partial charge in [-0.2, -0.15) is 0 Å². The summed E-state index contributed by atoms with van der Waals surface area (Å²) in [6, 6.07) is 6.05. The molecule has 3 rings (SSSR count). The summed E-state index contributed by atoms with van der Waals surface area (Å²) in [5.74, 6) is -3.38. The van der Waals surface area contributed by atoms with Gasteiger partial charge in [0.2, 0.25) is 0 Å². The second kappa shape index (κ2) is 17.4. The zero-order valence-electron chi connectivity index (χ0n) is 30.3. The van der Waals surface area contributed by atoms with Crippen LogP contribution in [0.5, 0.6) is 0 Å². The van der Waals surface area contributed by atoms with E-state index in [-0.39, 0.29) is 53.8 Å². The van der Waals surface area contributed by atoms with E-state index in [0.717, 1.165) is 22.7 Å². The normalized spacial score (nSPS) is 11.0. The van der Waals surface area contributed by atoms with Crippen LogP contribution < -0.4 is 10.6 Å². The number of hydrogen-bond donors (Lipinski definition) is 2. The first kappa shape index (κ1) is 39.9. The Kier molecular flexibility index (Phi) is 13.9. The van der Waals surface area contributed by atoms with E-state index in [1.54, 1.807) is 63.5 Å². The van der Waals surface area contributed by atoms with Crippen LogP contribution in [0.15, 0.2) is 24.3 Å². The number of thiophene rings is 2. The third-order valence-electron chi connectivity index (χ3n) is 7.75. The van der Waals surface area contributed by atoms with Crippen LogP contribution in [0.4, 0.5) is 10.0 Å². The molecule has 0 bridgehead atoms. The molecule has 1 aromatic carbocycles. The van der Waals surface area contributed by atoms with Crippen molar-refractivity contribution in [3.8, 4) is 0 Å². The summed E-state index contributed by atoms with van der Waals surface area (Å²) in [7, 11) is 0. The van der Waals surface area contributed by atoms with E-state index in [1.807, 2.05) is 27.7 Å². The minimum Gasteiger partial charge on any atom is -0.459 e. The molecular weight excluding hydrogens is 681 g/mol. The summed E-state index contributed by atoms with van der Waals surface area (Å²) in [6.45, 7) is 19.2. The Balaban J connectivity index is 2.06. The highest BCUT2D eigenvalue weighted by Crippen LogP contribution is 2.37. The smallest absolute Gasteiger partial charge is 0.341 e. The molecule has 2 aromatic heterocycles. The van der Waals surface area contributed by atoms with Crippen LogP contribution in [0.3, 0.4) is 0 Å². The average molecular weight is 727 g/mol. The van der Waals surface area contributed by atoms with Crippen molar-refractivity contribution in [3.63, 3.8) is 0 Å². The fourth-order valence-corrected chi connectivity index (χ4v) is 7.49.